The van der Waals surface area contributed by atoms with Gasteiger partial charge in [0.2, 0.25) is 5.91 Å². The summed E-state index contributed by atoms with van der Waals surface area (Å²) in [6, 6.07) is 14.2. The van der Waals surface area contributed by atoms with Crippen LogP contribution in [0.25, 0.3) is 11.4 Å². The van der Waals surface area contributed by atoms with E-state index in [0.717, 1.165) is 11.4 Å². The molecule has 0 radical (unpaired) electrons. The molecule has 0 unspecified atom stereocenters. The van der Waals surface area contributed by atoms with Crippen molar-refractivity contribution in [2.24, 2.45) is 0 Å². The lowest BCUT2D eigenvalue weighted by atomic mass is 10.1. The van der Waals surface area contributed by atoms with Gasteiger partial charge in [0.15, 0.2) is 11.0 Å². The van der Waals surface area contributed by atoms with Gasteiger partial charge in [0.1, 0.15) is 0 Å². The molecule has 0 spiro atoms. The van der Waals surface area contributed by atoms with E-state index in [1.165, 1.54) is 23.9 Å². The second-order valence-electron chi connectivity index (χ2n) is 6.07. The van der Waals surface area contributed by atoms with Gasteiger partial charge in [-0.05, 0) is 37.1 Å². The Kier molecular flexibility index (Phi) is 6.10. The Bertz CT molecular complexity index is 1000. The number of carbonyl (C=O) groups is 2. The zero-order chi connectivity index (χ0) is 20.1. The lowest BCUT2D eigenvalue weighted by Crippen LogP contribution is -2.22. The molecule has 0 fully saturated rings. The second kappa shape index (κ2) is 8.71. The number of hydrogen-bond donors (Lipinski definition) is 1. The molecule has 0 atom stereocenters. The monoisotopic (exact) mass is 395 g/mol. The van der Waals surface area contributed by atoms with Crippen LogP contribution in [0, 0.1) is 6.92 Å². The molecule has 0 bridgehead atoms. The van der Waals surface area contributed by atoms with E-state index in [0.29, 0.717) is 23.0 Å². The number of nitrogens with zero attached hydrogens (tertiary/aromatic N) is 3. The highest BCUT2D eigenvalue weighted by Gasteiger charge is 2.15. The molecule has 0 saturated heterocycles. The fourth-order valence-corrected chi connectivity index (χ4v) is 3.53. The summed E-state index contributed by atoms with van der Waals surface area (Å²) in [5, 5.41) is 22.8. The molecule has 0 saturated carbocycles. The third kappa shape index (κ3) is 4.40. The molecule has 8 heteroatoms. The minimum absolute atomic E-state index is 0.0781. The zero-order valence-corrected chi connectivity index (χ0v) is 16.3. The van der Waals surface area contributed by atoms with Crippen LogP contribution in [-0.2, 0) is 11.3 Å². The zero-order valence-electron chi connectivity index (χ0n) is 15.5. The third-order valence-corrected chi connectivity index (χ3v) is 5.10. The molecule has 1 aromatic heterocycles. The van der Waals surface area contributed by atoms with Crippen molar-refractivity contribution < 1.29 is 14.7 Å². The molecular weight excluding hydrogens is 376 g/mol. The second-order valence-corrected chi connectivity index (χ2v) is 7.01. The summed E-state index contributed by atoms with van der Waals surface area (Å²) < 4.78 is 1.97. The first-order chi connectivity index (χ1) is 13.5. The Morgan fingerprint density at radius 2 is 1.89 bits per heavy atom. The Balaban J connectivity index is 1.67. The summed E-state index contributed by atoms with van der Waals surface area (Å²) in [5.74, 6) is -0.528. The van der Waals surface area contributed by atoms with Crippen LogP contribution in [0.4, 0.5) is 5.69 Å². The maximum atomic E-state index is 12.3. The fourth-order valence-electron chi connectivity index (χ4n) is 2.73. The Morgan fingerprint density at radius 1 is 1.14 bits per heavy atom. The molecular formula is C20H19N4O3S-. The van der Waals surface area contributed by atoms with Gasteiger partial charge in [-0.1, -0.05) is 48.2 Å². The Labute approximate surface area is 166 Å². The molecule has 2 aromatic carbocycles. The number of anilines is 1. The Hall–Kier alpha value is -3.13. The highest BCUT2D eigenvalue weighted by Crippen LogP contribution is 2.24. The van der Waals surface area contributed by atoms with Gasteiger partial charge in [0.25, 0.3) is 0 Å². The lowest BCUT2D eigenvalue weighted by molar-refractivity contribution is -0.255. The van der Waals surface area contributed by atoms with Crippen LogP contribution < -0.4 is 10.4 Å². The van der Waals surface area contributed by atoms with E-state index in [1.807, 2.05) is 41.8 Å². The maximum absolute atomic E-state index is 12.3. The van der Waals surface area contributed by atoms with E-state index >= 15 is 0 Å². The van der Waals surface area contributed by atoms with Crippen molar-refractivity contribution in [3.63, 3.8) is 0 Å². The number of carbonyl (C=O) groups excluding carboxylic acids is 2. The standard InChI is InChI=1S/C20H20N4O3S/c1-3-24-18(14-7-5-4-6-8-14)22-23-20(24)28-12-17(25)21-16-10-9-15(19(26)27)11-13(16)2/h4-11H,3,12H2,1-2H3,(H,21,25)(H,26,27)/p-1. The molecule has 7 nitrogen and oxygen atoms in total. The number of aromatic carboxylic acids is 1. The van der Waals surface area contributed by atoms with Gasteiger partial charge < -0.3 is 19.8 Å². The van der Waals surface area contributed by atoms with Crippen molar-refractivity contribution in [3.8, 4) is 11.4 Å². The number of carboxylic acids is 1. The fraction of sp³-hybridized carbons (Fsp3) is 0.200. The largest absolute Gasteiger partial charge is 0.545 e. The topological polar surface area (TPSA) is 99.9 Å². The van der Waals surface area contributed by atoms with Gasteiger partial charge in [-0.3, -0.25) is 4.79 Å². The minimum atomic E-state index is -1.25. The van der Waals surface area contributed by atoms with Crippen LogP contribution in [-0.4, -0.2) is 32.4 Å². The molecule has 1 amide bonds. The Morgan fingerprint density at radius 3 is 2.54 bits per heavy atom. The van der Waals surface area contributed by atoms with Crippen molar-refractivity contribution in [1.29, 1.82) is 0 Å². The van der Waals surface area contributed by atoms with Crippen molar-refractivity contribution in [3.05, 3.63) is 59.7 Å². The summed E-state index contributed by atoms with van der Waals surface area (Å²) in [4.78, 5) is 23.2. The van der Waals surface area contributed by atoms with E-state index in [2.05, 4.69) is 15.5 Å². The molecule has 0 aliphatic rings. The highest BCUT2D eigenvalue weighted by molar-refractivity contribution is 7.99. The molecule has 1 N–H and O–H groups in total. The predicted molar refractivity (Wildman–Crippen MR) is 106 cm³/mol. The third-order valence-electron chi connectivity index (χ3n) is 4.13. The average Bonchev–Trinajstić information content (AvgIpc) is 3.11. The number of aryl methyl sites for hydroxylation is 1. The van der Waals surface area contributed by atoms with Crippen LogP contribution in [0.5, 0.6) is 0 Å². The number of hydrogen-bond acceptors (Lipinski definition) is 6. The van der Waals surface area contributed by atoms with Crippen molar-refractivity contribution in [2.45, 2.75) is 25.5 Å². The molecule has 28 heavy (non-hydrogen) atoms. The first kappa shape index (κ1) is 19.6. The summed E-state index contributed by atoms with van der Waals surface area (Å²) >= 11 is 1.30. The minimum Gasteiger partial charge on any atom is -0.545 e. The molecule has 3 rings (SSSR count). The molecule has 0 aliphatic carbocycles. The van der Waals surface area contributed by atoms with Crippen LogP contribution in [0.15, 0.2) is 53.7 Å². The van der Waals surface area contributed by atoms with Crippen LogP contribution >= 0.6 is 11.8 Å². The van der Waals surface area contributed by atoms with Gasteiger partial charge >= 0.3 is 0 Å². The van der Waals surface area contributed by atoms with Gasteiger partial charge in [-0.2, -0.15) is 0 Å². The van der Waals surface area contributed by atoms with E-state index in [1.54, 1.807) is 13.0 Å². The number of rotatable bonds is 7. The quantitative estimate of drug-likeness (QED) is 0.617. The highest BCUT2D eigenvalue weighted by atomic mass is 32.2. The van der Waals surface area contributed by atoms with E-state index in [4.69, 9.17) is 0 Å². The maximum Gasteiger partial charge on any atom is 0.234 e. The first-order valence-corrected chi connectivity index (χ1v) is 9.71. The number of benzene rings is 2. The van der Waals surface area contributed by atoms with Gasteiger partial charge in [0, 0.05) is 17.8 Å². The molecule has 144 valence electrons. The van der Waals surface area contributed by atoms with Gasteiger partial charge in [-0.15, -0.1) is 10.2 Å². The van der Waals surface area contributed by atoms with E-state index in [-0.39, 0.29) is 17.2 Å². The number of thioether (sulfide) groups is 1. The molecule has 1 heterocycles. The van der Waals surface area contributed by atoms with Crippen LogP contribution in [0.1, 0.15) is 22.8 Å². The number of carboxylic acid groups (broad SMARTS) is 1. The summed E-state index contributed by atoms with van der Waals surface area (Å²) in [6.07, 6.45) is 0. The van der Waals surface area contributed by atoms with E-state index in [9.17, 15) is 14.7 Å². The number of aromatic nitrogens is 3. The summed E-state index contributed by atoms with van der Waals surface area (Å²) in [5.41, 5.74) is 2.27. The van der Waals surface area contributed by atoms with E-state index < -0.39 is 5.97 Å². The van der Waals surface area contributed by atoms with Crippen LogP contribution in [0.3, 0.4) is 0 Å². The average molecular weight is 395 g/mol. The number of amides is 1. The summed E-state index contributed by atoms with van der Waals surface area (Å²) in [7, 11) is 0. The molecule has 3 aromatic rings. The normalized spacial score (nSPS) is 10.6. The van der Waals surface area contributed by atoms with Gasteiger partial charge in [-0.25, -0.2) is 0 Å². The number of nitrogens with one attached hydrogen (secondary N) is 1. The van der Waals surface area contributed by atoms with Crippen molar-refractivity contribution >= 4 is 29.3 Å². The lowest BCUT2D eigenvalue weighted by Gasteiger charge is -2.11. The van der Waals surface area contributed by atoms with Crippen LogP contribution in [0.2, 0.25) is 0 Å². The van der Waals surface area contributed by atoms with Gasteiger partial charge in [0.05, 0.1) is 11.7 Å². The smallest absolute Gasteiger partial charge is 0.234 e. The summed E-state index contributed by atoms with van der Waals surface area (Å²) in [6.45, 7) is 4.42. The first-order valence-electron chi connectivity index (χ1n) is 8.73. The molecule has 0 aliphatic heterocycles. The SMILES string of the molecule is CCn1c(SCC(=O)Nc2ccc(C(=O)[O-])cc2C)nnc1-c1ccccc1. The predicted octanol–water partition coefficient (Wildman–Crippen LogP) is 2.37. The van der Waals surface area contributed by atoms with Crippen molar-refractivity contribution in [2.75, 3.05) is 11.1 Å². The van der Waals surface area contributed by atoms with Crippen molar-refractivity contribution in [1.82, 2.24) is 14.8 Å².